The van der Waals surface area contributed by atoms with E-state index >= 15 is 0 Å². The fourth-order valence-corrected chi connectivity index (χ4v) is 2.75. The summed E-state index contributed by atoms with van der Waals surface area (Å²) in [5.41, 5.74) is 0. The van der Waals surface area contributed by atoms with Crippen LogP contribution in [0, 0.1) is 17.8 Å². The first kappa shape index (κ1) is 10.7. The summed E-state index contributed by atoms with van der Waals surface area (Å²) in [6.07, 6.45) is 10.5. The van der Waals surface area contributed by atoms with Crippen molar-refractivity contribution in [1.29, 1.82) is 0 Å². The molecule has 0 radical (unpaired) electrons. The summed E-state index contributed by atoms with van der Waals surface area (Å²) in [6, 6.07) is 0. The van der Waals surface area contributed by atoms with Gasteiger partial charge in [0, 0.05) is 0 Å². The Morgan fingerprint density at radius 3 is 2.33 bits per heavy atom. The van der Waals surface area contributed by atoms with E-state index in [4.69, 9.17) is 0 Å². The van der Waals surface area contributed by atoms with Gasteiger partial charge >= 0.3 is 18.9 Å². The number of hydrogen-bond acceptors (Lipinski definition) is 0. The van der Waals surface area contributed by atoms with Gasteiger partial charge in [-0.1, -0.05) is 39.0 Å². The van der Waals surface area contributed by atoms with Gasteiger partial charge in [0.1, 0.15) is 0 Å². The molecule has 0 saturated heterocycles. The fraction of sp³-hybridized carbons (Fsp3) is 0.909. The van der Waals surface area contributed by atoms with Gasteiger partial charge in [-0.2, -0.15) is 18.8 Å². The van der Waals surface area contributed by atoms with E-state index in [0.717, 1.165) is 11.8 Å². The summed E-state index contributed by atoms with van der Waals surface area (Å²) in [5.74, 6) is 3.95. The normalized spacial score (nSPS) is 36.8. The van der Waals surface area contributed by atoms with Crippen LogP contribution in [-0.4, -0.2) is 0 Å². The molecule has 0 aliphatic heterocycles. The summed E-state index contributed by atoms with van der Waals surface area (Å²) in [6.45, 7) is 2.43. The van der Waals surface area contributed by atoms with Gasteiger partial charge < -0.3 is 5.92 Å². The molecule has 0 N–H and O–H groups in total. The van der Waals surface area contributed by atoms with Crippen molar-refractivity contribution in [2.45, 2.75) is 51.9 Å². The van der Waals surface area contributed by atoms with Crippen molar-refractivity contribution in [2.75, 3.05) is 0 Å². The van der Waals surface area contributed by atoms with E-state index in [2.05, 4.69) is 6.92 Å². The van der Waals surface area contributed by atoms with Crippen molar-refractivity contribution in [3.8, 4) is 0 Å². The molecule has 1 heteroatoms. The second-order valence-corrected chi connectivity index (χ2v) is 4.43. The summed E-state index contributed by atoms with van der Waals surface area (Å²) in [4.78, 5) is 0. The Morgan fingerprint density at radius 2 is 1.67 bits per heavy atom. The zero-order valence-corrected chi connectivity index (χ0v) is 8.60. The van der Waals surface area contributed by atoms with Crippen LogP contribution in [0.3, 0.4) is 0 Å². The quantitative estimate of drug-likeness (QED) is 0.357. The molecule has 0 spiro atoms. The number of rotatable bonds is 0. The topological polar surface area (TPSA) is 0 Å². The number of fused-ring (bicyclic) bond motifs is 5. The van der Waals surface area contributed by atoms with Crippen molar-refractivity contribution in [1.82, 2.24) is 0 Å². The number of hydrogen-bond donors (Lipinski definition) is 0. The average Bonchev–Trinajstić information content (AvgIpc) is 2.01. The molecule has 0 amide bonds. The van der Waals surface area contributed by atoms with Crippen molar-refractivity contribution in [3.05, 3.63) is 5.92 Å². The minimum Gasteiger partial charge on any atom is -0.311 e. The molecule has 0 heterocycles. The van der Waals surface area contributed by atoms with Crippen LogP contribution in [0.5, 0.6) is 0 Å². The predicted octanol–water partition coefficient (Wildman–Crippen LogP) is 0.575. The minimum atomic E-state index is 0. The molecule has 0 aromatic heterocycles. The molecule has 64 valence electrons. The van der Waals surface area contributed by atoms with Gasteiger partial charge in [0.2, 0.25) is 0 Å². The molecule has 0 nitrogen and oxygen atoms in total. The third kappa shape index (κ3) is 2.30. The van der Waals surface area contributed by atoms with Gasteiger partial charge in [0.05, 0.1) is 0 Å². The van der Waals surface area contributed by atoms with Gasteiger partial charge in [-0.15, -0.1) is 0 Å². The fourth-order valence-electron chi connectivity index (χ4n) is 2.75. The summed E-state index contributed by atoms with van der Waals surface area (Å²) in [7, 11) is 0. The third-order valence-corrected chi connectivity index (χ3v) is 3.69. The molecule has 3 aliphatic carbocycles. The van der Waals surface area contributed by atoms with Crippen LogP contribution in [-0.2, 0) is 0 Å². The van der Waals surface area contributed by atoms with Gasteiger partial charge in [0.15, 0.2) is 0 Å². The van der Waals surface area contributed by atoms with Crippen LogP contribution in [0.1, 0.15) is 51.9 Å². The molecule has 2 bridgehead atoms. The van der Waals surface area contributed by atoms with Gasteiger partial charge in [-0.3, -0.25) is 0 Å². The summed E-state index contributed by atoms with van der Waals surface area (Å²) >= 11 is 0. The monoisotopic (exact) mass is 158 g/mol. The van der Waals surface area contributed by atoms with Gasteiger partial charge in [-0.25, -0.2) is 0 Å². The SMILES string of the molecule is CC1CCCC2CC[C-]1CC2.[Li+]. The summed E-state index contributed by atoms with van der Waals surface area (Å²) < 4.78 is 0. The van der Waals surface area contributed by atoms with Crippen molar-refractivity contribution in [2.24, 2.45) is 11.8 Å². The third-order valence-electron chi connectivity index (χ3n) is 3.69. The van der Waals surface area contributed by atoms with E-state index in [1.807, 2.05) is 5.92 Å². The second-order valence-electron chi connectivity index (χ2n) is 4.43. The smallest absolute Gasteiger partial charge is 0.311 e. The average molecular weight is 158 g/mol. The molecule has 3 aliphatic rings. The Kier molecular flexibility index (Phi) is 4.21. The van der Waals surface area contributed by atoms with E-state index in [0.29, 0.717) is 0 Å². The summed E-state index contributed by atoms with van der Waals surface area (Å²) in [5, 5.41) is 0. The van der Waals surface area contributed by atoms with E-state index < -0.39 is 0 Å². The molecule has 1 atom stereocenters. The predicted molar refractivity (Wildman–Crippen MR) is 48.2 cm³/mol. The van der Waals surface area contributed by atoms with Gasteiger partial charge in [-0.05, 0) is 5.92 Å². The van der Waals surface area contributed by atoms with Crippen molar-refractivity contribution < 1.29 is 18.9 Å². The van der Waals surface area contributed by atoms with Gasteiger partial charge in [0.25, 0.3) is 0 Å². The van der Waals surface area contributed by atoms with Crippen molar-refractivity contribution in [3.63, 3.8) is 0 Å². The minimum absolute atomic E-state index is 0. The molecule has 0 aromatic rings. The second kappa shape index (κ2) is 4.73. The van der Waals surface area contributed by atoms with E-state index in [-0.39, 0.29) is 18.9 Å². The molecule has 3 fully saturated rings. The Balaban J connectivity index is 0.000000720. The Bertz CT molecular complexity index is 122. The van der Waals surface area contributed by atoms with Crippen LogP contribution >= 0.6 is 0 Å². The molecule has 1 unspecified atom stereocenters. The largest absolute Gasteiger partial charge is 1.00 e. The van der Waals surface area contributed by atoms with E-state index in [9.17, 15) is 0 Å². The van der Waals surface area contributed by atoms with Crippen LogP contribution < -0.4 is 18.9 Å². The van der Waals surface area contributed by atoms with E-state index in [1.165, 1.54) is 44.9 Å². The maximum atomic E-state index is 2.43. The molecular formula is C11H19Li. The molecule has 3 rings (SSSR count). The molecule has 12 heavy (non-hydrogen) atoms. The zero-order chi connectivity index (χ0) is 7.68. The maximum Gasteiger partial charge on any atom is 1.00 e. The zero-order valence-electron chi connectivity index (χ0n) is 8.60. The first-order chi connectivity index (χ1) is 5.36. The van der Waals surface area contributed by atoms with Crippen molar-refractivity contribution >= 4 is 0 Å². The first-order valence-electron chi connectivity index (χ1n) is 5.21. The maximum absolute atomic E-state index is 2.43. The van der Waals surface area contributed by atoms with Crippen LogP contribution in [0.2, 0.25) is 0 Å². The Morgan fingerprint density at radius 1 is 1.00 bits per heavy atom. The van der Waals surface area contributed by atoms with E-state index in [1.54, 1.807) is 0 Å². The first-order valence-corrected chi connectivity index (χ1v) is 5.21. The molecular weight excluding hydrogens is 139 g/mol. The van der Waals surface area contributed by atoms with Crippen LogP contribution in [0.25, 0.3) is 0 Å². The molecule has 3 saturated carbocycles. The Labute approximate surface area is 88.7 Å². The van der Waals surface area contributed by atoms with Crippen LogP contribution in [0.15, 0.2) is 0 Å². The standard InChI is InChI=1S/C11H19.Li/c1-9-3-2-4-10-5-7-11(9)8-6-10;/h9-10H,2-8H2,1H3;/q-1;+1. The Hall–Kier alpha value is 0.597. The van der Waals surface area contributed by atoms with Crippen LogP contribution in [0.4, 0.5) is 0 Å². The molecule has 0 aromatic carbocycles.